The fraction of sp³-hybridized carbons (Fsp3) is 0.375. The maximum absolute atomic E-state index is 11.8. The molecule has 0 radical (unpaired) electrons. The molecule has 1 aromatic rings. The second-order valence-corrected chi connectivity index (χ2v) is 2.49. The second kappa shape index (κ2) is 4.46. The van der Waals surface area contributed by atoms with Crippen molar-refractivity contribution in [2.75, 3.05) is 6.61 Å². The molecule has 0 saturated carbocycles. The van der Waals surface area contributed by atoms with Gasteiger partial charge in [-0.3, -0.25) is 0 Å². The van der Waals surface area contributed by atoms with Gasteiger partial charge in [0.1, 0.15) is 11.8 Å². The molecular weight excluding hydrogens is 192 g/mol. The van der Waals surface area contributed by atoms with Crippen molar-refractivity contribution in [2.45, 2.75) is 13.3 Å². The third-order valence-corrected chi connectivity index (χ3v) is 1.29. The molecule has 0 aliphatic rings. The second-order valence-electron chi connectivity index (χ2n) is 2.49. The Morgan fingerprint density at radius 1 is 1.57 bits per heavy atom. The highest BCUT2D eigenvalue weighted by atomic mass is 19.3. The van der Waals surface area contributed by atoms with Crippen LogP contribution in [0.3, 0.4) is 0 Å². The van der Waals surface area contributed by atoms with Gasteiger partial charge in [-0.25, -0.2) is 13.8 Å². The van der Waals surface area contributed by atoms with Crippen molar-refractivity contribution in [3.8, 4) is 12.1 Å². The Morgan fingerprint density at radius 2 is 2.29 bits per heavy atom. The molecule has 0 spiro atoms. The Kier molecular flexibility index (Phi) is 3.29. The molecule has 1 heterocycles. The lowest BCUT2D eigenvalue weighted by atomic mass is 10.3. The van der Waals surface area contributed by atoms with Gasteiger partial charge in [0.15, 0.2) is 6.61 Å². The molecule has 14 heavy (non-hydrogen) atoms. The fourth-order valence-corrected chi connectivity index (χ4v) is 0.801. The van der Waals surface area contributed by atoms with Gasteiger partial charge in [-0.1, -0.05) is 0 Å². The van der Waals surface area contributed by atoms with Crippen molar-refractivity contribution in [1.29, 1.82) is 5.26 Å². The number of alkyl halides is 2. The van der Waals surface area contributed by atoms with E-state index in [0.717, 1.165) is 0 Å². The van der Waals surface area contributed by atoms with Gasteiger partial charge in [0.25, 0.3) is 6.43 Å². The van der Waals surface area contributed by atoms with Crippen molar-refractivity contribution in [3.63, 3.8) is 0 Å². The van der Waals surface area contributed by atoms with E-state index >= 15 is 0 Å². The number of nitriles is 1. The number of hydrogen-bond donors (Lipinski definition) is 0. The van der Waals surface area contributed by atoms with Crippen molar-refractivity contribution in [1.82, 2.24) is 9.97 Å². The van der Waals surface area contributed by atoms with Crippen LogP contribution in [-0.4, -0.2) is 23.0 Å². The lowest BCUT2D eigenvalue weighted by molar-refractivity contribution is 0.0769. The summed E-state index contributed by atoms with van der Waals surface area (Å²) in [5.41, 5.74) is 0.600. The molecule has 0 unspecified atom stereocenters. The van der Waals surface area contributed by atoms with Gasteiger partial charge in [-0.05, 0) is 13.0 Å². The molecule has 0 N–H and O–H groups in total. The molecule has 0 saturated heterocycles. The van der Waals surface area contributed by atoms with Gasteiger partial charge in [0.2, 0.25) is 0 Å². The monoisotopic (exact) mass is 199 g/mol. The van der Waals surface area contributed by atoms with Crippen LogP contribution in [0.15, 0.2) is 6.07 Å². The molecule has 0 bridgehead atoms. The number of rotatable bonds is 3. The van der Waals surface area contributed by atoms with Crippen molar-refractivity contribution < 1.29 is 13.5 Å². The summed E-state index contributed by atoms with van der Waals surface area (Å²) < 4.78 is 28.1. The average molecular weight is 199 g/mol. The molecule has 4 nitrogen and oxygen atoms in total. The summed E-state index contributed by atoms with van der Waals surface area (Å²) >= 11 is 0. The van der Waals surface area contributed by atoms with Crippen LogP contribution in [0.25, 0.3) is 0 Å². The summed E-state index contributed by atoms with van der Waals surface area (Å²) in [6.45, 7) is 0.853. The first-order valence-electron chi connectivity index (χ1n) is 3.78. The number of ether oxygens (including phenoxy) is 1. The van der Waals surface area contributed by atoms with E-state index < -0.39 is 13.0 Å². The van der Waals surface area contributed by atoms with Crippen LogP contribution in [0.5, 0.6) is 6.01 Å². The molecule has 0 aliphatic carbocycles. The van der Waals surface area contributed by atoms with Crippen molar-refractivity contribution in [2.24, 2.45) is 0 Å². The Morgan fingerprint density at radius 3 is 2.86 bits per heavy atom. The van der Waals surface area contributed by atoms with Gasteiger partial charge in [-0.15, -0.1) is 0 Å². The maximum atomic E-state index is 11.8. The average Bonchev–Trinajstić information content (AvgIpc) is 2.14. The van der Waals surface area contributed by atoms with Crippen LogP contribution in [-0.2, 0) is 0 Å². The van der Waals surface area contributed by atoms with E-state index in [9.17, 15) is 8.78 Å². The Bertz CT molecular complexity index is 362. The summed E-state index contributed by atoms with van der Waals surface area (Å²) in [6.07, 6.45) is -2.58. The molecule has 1 aromatic heterocycles. The van der Waals surface area contributed by atoms with E-state index in [-0.39, 0.29) is 11.7 Å². The summed E-state index contributed by atoms with van der Waals surface area (Å²) in [5.74, 6) is 0. The largest absolute Gasteiger partial charge is 0.457 e. The molecule has 0 fully saturated rings. The van der Waals surface area contributed by atoms with E-state index in [2.05, 4.69) is 14.7 Å². The SMILES string of the molecule is Cc1cc(C#N)nc(OCC(F)F)n1. The van der Waals surface area contributed by atoms with Gasteiger partial charge in [-0.2, -0.15) is 10.2 Å². The smallest absolute Gasteiger partial charge is 0.318 e. The van der Waals surface area contributed by atoms with Gasteiger partial charge in [0.05, 0.1) is 0 Å². The molecule has 0 aliphatic heterocycles. The minimum absolute atomic E-state index is 0.0989. The third kappa shape index (κ3) is 2.94. The van der Waals surface area contributed by atoms with E-state index in [4.69, 9.17) is 5.26 Å². The quantitative estimate of drug-likeness (QED) is 0.736. The van der Waals surface area contributed by atoms with Crippen LogP contribution in [0.4, 0.5) is 8.78 Å². The zero-order valence-corrected chi connectivity index (χ0v) is 7.37. The topological polar surface area (TPSA) is 58.8 Å². The highest BCUT2D eigenvalue weighted by Gasteiger charge is 2.07. The first-order valence-corrected chi connectivity index (χ1v) is 3.78. The Hall–Kier alpha value is -1.77. The van der Waals surface area contributed by atoms with Crippen LogP contribution in [0, 0.1) is 18.3 Å². The lowest BCUT2D eigenvalue weighted by Crippen LogP contribution is -2.10. The van der Waals surface area contributed by atoms with Crippen LogP contribution in [0.2, 0.25) is 0 Å². The molecule has 6 heteroatoms. The van der Waals surface area contributed by atoms with Gasteiger partial charge in [0, 0.05) is 5.69 Å². The van der Waals surface area contributed by atoms with Gasteiger partial charge >= 0.3 is 6.01 Å². The molecule has 1 rings (SSSR count). The lowest BCUT2D eigenvalue weighted by Gasteiger charge is -2.03. The number of nitrogens with zero attached hydrogens (tertiary/aromatic N) is 3. The summed E-state index contributed by atoms with van der Waals surface area (Å²) in [7, 11) is 0. The molecule has 0 atom stereocenters. The minimum atomic E-state index is -2.58. The normalized spacial score (nSPS) is 9.93. The maximum Gasteiger partial charge on any atom is 0.318 e. The highest BCUT2D eigenvalue weighted by molar-refractivity contribution is 5.23. The third-order valence-electron chi connectivity index (χ3n) is 1.29. The standard InChI is InChI=1S/C8H7F2N3O/c1-5-2-6(3-11)13-8(12-5)14-4-7(9)10/h2,7H,4H2,1H3. The van der Waals surface area contributed by atoms with E-state index in [1.807, 2.05) is 0 Å². The van der Waals surface area contributed by atoms with Crippen LogP contribution in [0.1, 0.15) is 11.4 Å². The predicted octanol–water partition coefficient (Wildman–Crippen LogP) is 1.30. The van der Waals surface area contributed by atoms with Crippen molar-refractivity contribution >= 4 is 0 Å². The first-order chi connectivity index (χ1) is 6.61. The molecular formula is C8H7F2N3O. The summed E-state index contributed by atoms with van der Waals surface area (Å²) in [6, 6.07) is 3.02. The molecule has 0 aromatic carbocycles. The van der Waals surface area contributed by atoms with Crippen molar-refractivity contribution in [3.05, 3.63) is 17.5 Å². The Balaban J connectivity index is 2.78. The first kappa shape index (κ1) is 10.3. The van der Waals surface area contributed by atoms with Crippen LogP contribution < -0.4 is 4.74 Å². The van der Waals surface area contributed by atoms with Crippen LogP contribution >= 0.6 is 0 Å². The Labute approximate surface area is 79.2 Å². The summed E-state index contributed by atoms with van der Waals surface area (Å²) in [5, 5.41) is 8.52. The zero-order valence-electron chi connectivity index (χ0n) is 7.37. The molecule has 0 amide bonds. The van der Waals surface area contributed by atoms with E-state index in [0.29, 0.717) is 5.69 Å². The van der Waals surface area contributed by atoms with E-state index in [1.54, 1.807) is 13.0 Å². The number of aryl methyl sites for hydroxylation is 1. The number of halogens is 2. The minimum Gasteiger partial charge on any atom is -0.457 e. The summed E-state index contributed by atoms with van der Waals surface area (Å²) in [4.78, 5) is 7.33. The predicted molar refractivity (Wildman–Crippen MR) is 43.0 cm³/mol. The fourth-order valence-electron chi connectivity index (χ4n) is 0.801. The number of aromatic nitrogens is 2. The zero-order chi connectivity index (χ0) is 10.6. The number of hydrogen-bond acceptors (Lipinski definition) is 4. The van der Waals surface area contributed by atoms with Gasteiger partial charge < -0.3 is 4.74 Å². The molecule has 74 valence electrons. The highest BCUT2D eigenvalue weighted by Crippen LogP contribution is 2.07. The van der Waals surface area contributed by atoms with E-state index in [1.165, 1.54) is 6.07 Å².